The van der Waals surface area contributed by atoms with Crippen molar-refractivity contribution < 1.29 is 25.8 Å². The molecule has 0 bridgehead atoms. The molecule has 0 saturated carbocycles. The molecule has 0 saturated heterocycles. The van der Waals surface area contributed by atoms with E-state index in [1.54, 1.807) is 0 Å². The zero-order valence-corrected chi connectivity index (χ0v) is 29.3. The summed E-state index contributed by atoms with van der Waals surface area (Å²) in [7, 11) is 0. The molecule has 0 fully saturated rings. The Morgan fingerprint density at radius 1 is 0.610 bits per heavy atom. The zero-order chi connectivity index (χ0) is 26.4. The maximum absolute atomic E-state index is 2.46. The number of fused-ring (bicyclic) bond motifs is 2. The molecule has 1 heteroatoms. The van der Waals surface area contributed by atoms with Gasteiger partial charge in [-0.2, -0.15) is 12.1 Å². The van der Waals surface area contributed by atoms with Crippen LogP contribution < -0.4 is 0 Å². The van der Waals surface area contributed by atoms with Crippen molar-refractivity contribution in [3.05, 3.63) is 146 Å². The van der Waals surface area contributed by atoms with Crippen LogP contribution in [0.4, 0.5) is 0 Å². The Balaban J connectivity index is 0.00000154. The zero-order valence-electron chi connectivity index (χ0n) is 25.7. The van der Waals surface area contributed by atoms with Gasteiger partial charge in [-0.05, 0) is 42.7 Å². The first-order valence-electron chi connectivity index (χ1n) is 13.9. The molecular formula is C40H42Hf. The van der Waals surface area contributed by atoms with Crippen LogP contribution in [0.5, 0.6) is 0 Å². The number of aryl methyl sites for hydroxylation is 2. The Kier molecular flexibility index (Phi) is 10.2. The van der Waals surface area contributed by atoms with Crippen LogP contribution in [0.3, 0.4) is 0 Å². The fourth-order valence-electron chi connectivity index (χ4n) is 6.30. The van der Waals surface area contributed by atoms with Crippen molar-refractivity contribution in [2.45, 2.75) is 46.5 Å². The molecule has 0 aliphatic carbocycles. The molecule has 0 aliphatic heterocycles. The predicted molar refractivity (Wildman–Crippen MR) is 178 cm³/mol. The topological polar surface area (TPSA) is 0 Å². The Morgan fingerprint density at radius 2 is 1.00 bits per heavy atom. The molecule has 6 aromatic carbocycles. The van der Waals surface area contributed by atoms with E-state index in [4.69, 9.17) is 0 Å². The van der Waals surface area contributed by atoms with Crippen molar-refractivity contribution in [2.24, 2.45) is 5.92 Å². The van der Waals surface area contributed by atoms with Gasteiger partial charge in [0.2, 0.25) is 0 Å². The summed E-state index contributed by atoms with van der Waals surface area (Å²) in [4.78, 5) is 0. The Hall–Kier alpha value is -3.03. The van der Waals surface area contributed by atoms with E-state index < -0.39 is 0 Å². The molecule has 0 atom stereocenters. The average Bonchev–Trinajstić information content (AvgIpc) is 3.55. The second kappa shape index (κ2) is 12.9. The SMILES string of the molecule is Cc1ccc(-c2cccc3[cH-]c(C(C)(CC(C)C)c4cc5c(-c6ccc(C)cc6)cccc5[cH-]4)cc23)cc1.[CH3-].[CH3-].[Hf+4]. The molecule has 6 rings (SSSR count). The Morgan fingerprint density at radius 3 is 1.37 bits per heavy atom. The van der Waals surface area contributed by atoms with Crippen LogP contribution in [0.25, 0.3) is 43.8 Å². The van der Waals surface area contributed by atoms with Crippen LogP contribution in [0.15, 0.2) is 109 Å². The summed E-state index contributed by atoms with van der Waals surface area (Å²) in [6.07, 6.45) is 1.10. The maximum Gasteiger partial charge on any atom is 4.00 e. The fraction of sp³-hybridized carbons (Fsp3) is 0.200. The van der Waals surface area contributed by atoms with Gasteiger partial charge in [0.25, 0.3) is 0 Å². The van der Waals surface area contributed by atoms with Crippen molar-refractivity contribution >= 4 is 21.5 Å². The summed E-state index contributed by atoms with van der Waals surface area (Å²) in [5.41, 5.74) is 10.5. The van der Waals surface area contributed by atoms with Crippen molar-refractivity contribution in [2.75, 3.05) is 0 Å². The molecule has 0 heterocycles. The Labute approximate surface area is 267 Å². The largest absolute Gasteiger partial charge is 4.00 e. The number of benzene rings is 4. The third-order valence-corrected chi connectivity index (χ3v) is 8.32. The van der Waals surface area contributed by atoms with Gasteiger partial charge in [-0.1, -0.05) is 104 Å². The minimum Gasteiger partial charge on any atom is -0.358 e. The smallest absolute Gasteiger partial charge is 0.358 e. The molecule has 0 aliphatic rings. The number of hydrogen-bond donors (Lipinski definition) is 0. The van der Waals surface area contributed by atoms with Crippen molar-refractivity contribution in [3.8, 4) is 22.3 Å². The summed E-state index contributed by atoms with van der Waals surface area (Å²) in [6.45, 7) is 11.4. The van der Waals surface area contributed by atoms with Gasteiger partial charge >= 0.3 is 25.8 Å². The van der Waals surface area contributed by atoms with Gasteiger partial charge in [-0.15, -0.1) is 69.1 Å². The number of hydrogen-bond acceptors (Lipinski definition) is 0. The van der Waals surface area contributed by atoms with Crippen molar-refractivity contribution in [3.63, 3.8) is 0 Å². The van der Waals surface area contributed by atoms with E-state index in [0.717, 1.165) is 6.42 Å². The van der Waals surface area contributed by atoms with Crippen LogP contribution in [0.2, 0.25) is 0 Å². The van der Waals surface area contributed by atoms with Gasteiger partial charge in [0.1, 0.15) is 0 Å². The van der Waals surface area contributed by atoms with E-state index in [-0.39, 0.29) is 46.1 Å². The van der Waals surface area contributed by atoms with E-state index in [2.05, 4.69) is 144 Å². The number of rotatable bonds is 6. The van der Waals surface area contributed by atoms with Crippen LogP contribution in [-0.2, 0) is 31.3 Å². The molecule has 0 spiro atoms. The maximum atomic E-state index is 2.46. The van der Waals surface area contributed by atoms with Crippen LogP contribution in [0.1, 0.15) is 49.4 Å². The Bertz CT molecular complexity index is 1600. The van der Waals surface area contributed by atoms with Crippen LogP contribution in [-0.4, -0.2) is 0 Å². The van der Waals surface area contributed by atoms with Crippen molar-refractivity contribution in [1.29, 1.82) is 0 Å². The molecule has 0 N–H and O–H groups in total. The van der Waals surface area contributed by atoms with E-state index in [9.17, 15) is 0 Å². The first-order chi connectivity index (χ1) is 18.3. The van der Waals surface area contributed by atoms with Crippen LogP contribution in [0, 0.1) is 34.6 Å². The summed E-state index contributed by atoms with van der Waals surface area (Å²) < 4.78 is 0. The molecule has 0 aromatic heterocycles. The molecule has 0 nitrogen and oxygen atoms in total. The van der Waals surface area contributed by atoms with Crippen LogP contribution >= 0.6 is 0 Å². The van der Waals surface area contributed by atoms with Gasteiger partial charge in [0.15, 0.2) is 0 Å². The average molecular weight is 701 g/mol. The molecule has 0 unspecified atom stereocenters. The molecule has 0 amide bonds. The third kappa shape index (κ3) is 6.12. The minimum absolute atomic E-state index is 0. The second-order valence-corrected chi connectivity index (χ2v) is 11.8. The molecular weight excluding hydrogens is 659 g/mol. The van der Waals surface area contributed by atoms with E-state index in [0.29, 0.717) is 5.92 Å². The summed E-state index contributed by atoms with van der Waals surface area (Å²) in [5, 5.41) is 5.34. The van der Waals surface area contributed by atoms with Gasteiger partial charge in [-0.3, -0.25) is 0 Å². The third-order valence-electron chi connectivity index (χ3n) is 8.32. The molecule has 6 aromatic rings. The summed E-state index contributed by atoms with van der Waals surface area (Å²) >= 11 is 0. The van der Waals surface area contributed by atoms with Gasteiger partial charge in [0, 0.05) is 0 Å². The fourth-order valence-corrected chi connectivity index (χ4v) is 6.30. The van der Waals surface area contributed by atoms with E-state index in [1.807, 2.05) is 0 Å². The second-order valence-electron chi connectivity index (χ2n) is 11.8. The molecule has 0 radical (unpaired) electrons. The normalized spacial score (nSPS) is 11.3. The van der Waals surface area contributed by atoms with E-state index in [1.165, 1.54) is 66.1 Å². The molecule has 41 heavy (non-hydrogen) atoms. The minimum atomic E-state index is -0.0820. The summed E-state index contributed by atoms with van der Waals surface area (Å²) in [6, 6.07) is 41.1. The standard InChI is InChI=1S/C38H36.2CH3.Hf/c1-25(2)24-38(5,32-20-30-8-6-10-34(36(30)22-32)28-16-12-26(3)13-17-28)33-21-31-9-7-11-35(37(31)23-33)29-18-14-27(4)15-19-29;;;/h6-23,25H,24H2,1-5H3;2*1H3;/q-2;2*-1;+4. The predicted octanol–water partition coefficient (Wildman–Crippen LogP) is 11.6. The van der Waals surface area contributed by atoms with E-state index >= 15 is 0 Å². The molecule has 206 valence electrons. The van der Waals surface area contributed by atoms with Gasteiger partial charge in [0.05, 0.1) is 0 Å². The van der Waals surface area contributed by atoms with Crippen molar-refractivity contribution in [1.82, 2.24) is 0 Å². The van der Waals surface area contributed by atoms with Gasteiger partial charge in [-0.25, -0.2) is 0 Å². The quantitative estimate of drug-likeness (QED) is 0.120. The summed E-state index contributed by atoms with van der Waals surface area (Å²) in [5.74, 6) is 0.573. The first-order valence-corrected chi connectivity index (χ1v) is 13.9. The monoisotopic (exact) mass is 702 g/mol. The first kappa shape index (κ1) is 32.5. The van der Waals surface area contributed by atoms with Gasteiger partial charge < -0.3 is 14.9 Å².